The number of carbonyl (C=O) groups is 1. The fourth-order valence-electron chi connectivity index (χ4n) is 1.68. The van der Waals surface area contributed by atoms with Gasteiger partial charge in [0.15, 0.2) is 0 Å². The van der Waals surface area contributed by atoms with E-state index in [9.17, 15) is 4.79 Å². The van der Waals surface area contributed by atoms with E-state index in [1.165, 1.54) is 0 Å². The number of hydrogen-bond acceptors (Lipinski definition) is 3. The molecular weight excluding hydrogens is 276 g/mol. The summed E-state index contributed by atoms with van der Waals surface area (Å²) in [6, 6.07) is 5.93. The Balaban J connectivity index is 2.65. The lowest BCUT2D eigenvalue weighted by Gasteiger charge is -2.16. The molecule has 0 bridgehead atoms. The summed E-state index contributed by atoms with van der Waals surface area (Å²) in [5.41, 5.74) is 6.30. The van der Waals surface area contributed by atoms with Crippen molar-refractivity contribution in [2.45, 2.75) is 33.2 Å². The van der Waals surface area contributed by atoms with Crippen molar-refractivity contribution in [3.05, 3.63) is 28.8 Å². The van der Waals surface area contributed by atoms with Crippen LogP contribution in [0.4, 0.5) is 0 Å². The molecule has 0 spiro atoms. The van der Waals surface area contributed by atoms with Gasteiger partial charge in [0.2, 0.25) is 5.91 Å². The highest BCUT2D eigenvalue weighted by molar-refractivity contribution is 6.32. The van der Waals surface area contributed by atoms with Gasteiger partial charge >= 0.3 is 0 Å². The van der Waals surface area contributed by atoms with Crippen molar-refractivity contribution in [1.29, 1.82) is 0 Å². The molecule has 2 atom stereocenters. The van der Waals surface area contributed by atoms with Crippen LogP contribution in [0.5, 0.6) is 5.75 Å². The van der Waals surface area contributed by atoms with E-state index in [1.807, 2.05) is 18.2 Å². The molecule has 1 rings (SSSR count). The van der Waals surface area contributed by atoms with Crippen LogP contribution in [0.25, 0.3) is 0 Å². The summed E-state index contributed by atoms with van der Waals surface area (Å²) in [5.74, 6) is -0.141. The van der Waals surface area contributed by atoms with Gasteiger partial charge in [-0.25, -0.2) is 0 Å². The van der Waals surface area contributed by atoms with E-state index in [1.54, 1.807) is 6.92 Å². The van der Waals surface area contributed by atoms with Crippen LogP contribution in [0.2, 0.25) is 5.02 Å². The first-order valence-corrected chi connectivity index (χ1v) is 7.28. The van der Waals surface area contributed by atoms with Gasteiger partial charge in [0, 0.05) is 6.04 Å². The zero-order chi connectivity index (χ0) is 15.1. The zero-order valence-corrected chi connectivity index (χ0v) is 13.0. The Morgan fingerprint density at radius 1 is 1.45 bits per heavy atom. The first kappa shape index (κ1) is 16.8. The van der Waals surface area contributed by atoms with E-state index < -0.39 is 0 Å². The lowest BCUT2D eigenvalue weighted by Crippen LogP contribution is -2.25. The highest BCUT2D eigenvalue weighted by Crippen LogP contribution is 2.28. The van der Waals surface area contributed by atoms with Crippen LogP contribution in [0.3, 0.4) is 0 Å². The second kappa shape index (κ2) is 8.12. The van der Waals surface area contributed by atoms with Crippen molar-refractivity contribution in [2.75, 3.05) is 13.2 Å². The second-order valence-electron chi connectivity index (χ2n) is 4.98. The Morgan fingerprint density at radius 2 is 2.15 bits per heavy atom. The van der Waals surface area contributed by atoms with Gasteiger partial charge in [0.1, 0.15) is 5.75 Å². The van der Waals surface area contributed by atoms with Crippen molar-refractivity contribution in [2.24, 2.45) is 11.7 Å². The molecule has 2 unspecified atom stereocenters. The molecule has 112 valence electrons. The van der Waals surface area contributed by atoms with E-state index in [2.05, 4.69) is 19.2 Å². The maximum Gasteiger partial charge on any atom is 0.223 e. The predicted molar refractivity (Wildman–Crippen MR) is 82.0 cm³/mol. The van der Waals surface area contributed by atoms with Gasteiger partial charge in [0.25, 0.3) is 0 Å². The van der Waals surface area contributed by atoms with Crippen LogP contribution in [0.15, 0.2) is 18.2 Å². The molecule has 1 aromatic rings. The van der Waals surface area contributed by atoms with Gasteiger partial charge in [-0.05, 0) is 37.6 Å². The average Bonchev–Trinajstić information content (AvgIpc) is 2.42. The minimum Gasteiger partial charge on any atom is -0.491 e. The highest BCUT2D eigenvalue weighted by Gasteiger charge is 2.12. The largest absolute Gasteiger partial charge is 0.491 e. The number of hydrogen-bond donors (Lipinski definition) is 2. The van der Waals surface area contributed by atoms with Crippen LogP contribution in [0.1, 0.15) is 38.8 Å². The maximum absolute atomic E-state index is 11.0. The summed E-state index contributed by atoms with van der Waals surface area (Å²) in [5, 5.41) is 3.95. The van der Waals surface area contributed by atoms with Crippen LogP contribution in [-0.4, -0.2) is 19.1 Å². The Bertz CT molecular complexity index is 451. The number of amides is 1. The molecule has 3 N–H and O–H groups in total. The number of ether oxygens (including phenoxy) is 1. The number of rotatable bonds is 8. The van der Waals surface area contributed by atoms with Crippen LogP contribution in [-0.2, 0) is 4.79 Å². The number of primary amides is 1. The SMILES string of the molecule is CCCNC(C)c1ccc(OCC(C)C(N)=O)c(Cl)c1. The molecule has 0 fully saturated rings. The number of nitrogens with one attached hydrogen (secondary N) is 1. The predicted octanol–water partition coefficient (Wildman–Crippen LogP) is 2.90. The van der Waals surface area contributed by atoms with Gasteiger partial charge in [-0.15, -0.1) is 0 Å². The molecule has 0 aromatic heterocycles. The minimum absolute atomic E-state index is 0.234. The first-order chi connectivity index (χ1) is 9.45. The summed E-state index contributed by atoms with van der Waals surface area (Å²) in [6.07, 6.45) is 1.09. The Labute approximate surface area is 125 Å². The van der Waals surface area contributed by atoms with Crippen molar-refractivity contribution in [3.63, 3.8) is 0 Å². The molecule has 0 saturated carbocycles. The number of nitrogens with two attached hydrogens (primary N) is 1. The third-order valence-electron chi connectivity index (χ3n) is 3.13. The van der Waals surface area contributed by atoms with Gasteiger partial charge in [-0.2, -0.15) is 0 Å². The summed E-state index contributed by atoms with van der Waals surface area (Å²) < 4.78 is 5.52. The summed E-state index contributed by atoms with van der Waals surface area (Å²) in [6.45, 7) is 7.15. The average molecular weight is 299 g/mol. The quantitative estimate of drug-likeness (QED) is 0.775. The van der Waals surface area contributed by atoms with E-state index in [0.717, 1.165) is 18.5 Å². The Morgan fingerprint density at radius 3 is 2.70 bits per heavy atom. The number of carbonyl (C=O) groups excluding carboxylic acids is 1. The molecule has 0 saturated heterocycles. The topological polar surface area (TPSA) is 64.3 Å². The molecule has 0 aliphatic carbocycles. The number of halogens is 1. The van der Waals surface area contributed by atoms with Crippen molar-refractivity contribution in [1.82, 2.24) is 5.32 Å². The van der Waals surface area contributed by atoms with Crippen molar-refractivity contribution in [3.8, 4) is 5.75 Å². The molecule has 0 aliphatic heterocycles. The van der Waals surface area contributed by atoms with E-state index in [-0.39, 0.29) is 24.5 Å². The fraction of sp³-hybridized carbons (Fsp3) is 0.533. The minimum atomic E-state index is -0.380. The van der Waals surface area contributed by atoms with Gasteiger partial charge in [0.05, 0.1) is 17.5 Å². The summed E-state index contributed by atoms with van der Waals surface area (Å²) >= 11 is 6.20. The molecular formula is C15H23ClN2O2. The molecule has 1 amide bonds. The normalized spacial score (nSPS) is 13.8. The van der Waals surface area contributed by atoms with Gasteiger partial charge in [-0.3, -0.25) is 4.79 Å². The van der Waals surface area contributed by atoms with E-state index in [4.69, 9.17) is 22.1 Å². The van der Waals surface area contributed by atoms with E-state index >= 15 is 0 Å². The lowest BCUT2D eigenvalue weighted by atomic mass is 10.1. The third kappa shape index (κ3) is 5.02. The van der Waals surface area contributed by atoms with Crippen LogP contribution in [0, 0.1) is 5.92 Å². The highest BCUT2D eigenvalue weighted by atomic mass is 35.5. The smallest absolute Gasteiger partial charge is 0.223 e. The zero-order valence-electron chi connectivity index (χ0n) is 12.3. The Kier molecular flexibility index (Phi) is 6.82. The molecule has 0 aliphatic rings. The van der Waals surface area contributed by atoms with Crippen molar-refractivity contribution < 1.29 is 9.53 Å². The van der Waals surface area contributed by atoms with Gasteiger partial charge in [-0.1, -0.05) is 31.5 Å². The third-order valence-corrected chi connectivity index (χ3v) is 3.43. The molecule has 0 radical (unpaired) electrons. The lowest BCUT2D eigenvalue weighted by molar-refractivity contribution is -0.122. The monoisotopic (exact) mass is 298 g/mol. The fourth-order valence-corrected chi connectivity index (χ4v) is 1.92. The van der Waals surface area contributed by atoms with Gasteiger partial charge < -0.3 is 15.8 Å². The summed E-state index contributed by atoms with van der Waals surface area (Å²) in [4.78, 5) is 11.0. The standard InChI is InChI=1S/C15H23ClN2O2/c1-4-7-18-11(3)12-5-6-14(13(16)8-12)20-9-10(2)15(17)19/h5-6,8,10-11,18H,4,7,9H2,1-3H3,(H2,17,19). The van der Waals surface area contributed by atoms with E-state index in [0.29, 0.717) is 10.8 Å². The maximum atomic E-state index is 11.0. The molecule has 1 aromatic carbocycles. The first-order valence-electron chi connectivity index (χ1n) is 6.90. The van der Waals surface area contributed by atoms with Crippen molar-refractivity contribution >= 4 is 17.5 Å². The molecule has 5 heteroatoms. The van der Waals surface area contributed by atoms with Crippen LogP contribution >= 0.6 is 11.6 Å². The Hall–Kier alpha value is -1.26. The molecule has 4 nitrogen and oxygen atoms in total. The molecule has 0 heterocycles. The molecule has 20 heavy (non-hydrogen) atoms. The van der Waals surface area contributed by atoms with Crippen LogP contribution < -0.4 is 15.8 Å². The number of benzene rings is 1. The second-order valence-corrected chi connectivity index (χ2v) is 5.39. The summed E-state index contributed by atoms with van der Waals surface area (Å²) in [7, 11) is 0.